The van der Waals surface area contributed by atoms with Gasteiger partial charge in [-0.15, -0.1) is 0 Å². The van der Waals surface area contributed by atoms with E-state index in [2.05, 4.69) is 32.6 Å². The second-order valence-corrected chi connectivity index (χ2v) is 10.3. The molecule has 0 spiro atoms. The van der Waals surface area contributed by atoms with E-state index in [0.29, 0.717) is 31.9 Å². The molecular weight excluding hydrogens is 421 g/mol. The molecule has 2 N–H and O–H groups in total. The van der Waals surface area contributed by atoms with E-state index in [1.807, 2.05) is 4.90 Å². The van der Waals surface area contributed by atoms with Crippen molar-refractivity contribution >= 4 is 18.0 Å². The number of hydrogen-bond donors (Lipinski definition) is 2. The Morgan fingerprint density at radius 3 is 2.52 bits per heavy atom. The number of aromatic nitrogens is 2. The Bertz CT molecular complexity index is 1030. The zero-order valence-electron chi connectivity index (χ0n) is 18.7. The summed E-state index contributed by atoms with van der Waals surface area (Å²) in [6.07, 6.45) is 10.8. The number of halogens is 1. The topological polar surface area (TPSA) is 82.9 Å². The molecule has 1 saturated heterocycles. The van der Waals surface area contributed by atoms with Gasteiger partial charge in [0.2, 0.25) is 5.95 Å². The highest BCUT2D eigenvalue weighted by atomic mass is 19.1. The molecule has 5 aliphatic rings. The van der Waals surface area contributed by atoms with Crippen LogP contribution in [0.1, 0.15) is 49.7 Å². The van der Waals surface area contributed by atoms with Crippen molar-refractivity contribution in [1.29, 1.82) is 0 Å². The largest absolute Gasteiger partial charge is 0.507 e. The van der Waals surface area contributed by atoms with Gasteiger partial charge in [0.05, 0.1) is 25.6 Å². The van der Waals surface area contributed by atoms with Gasteiger partial charge < -0.3 is 14.7 Å². The summed E-state index contributed by atoms with van der Waals surface area (Å²) in [5, 5.41) is 14.7. The summed E-state index contributed by atoms with van der Waals surface area (Å²) in [6, 6.07) is 5.99. The van der Waals surface area contributed by atoms with Crippen molar-refractivity contribution in [3.8, 4) is 5.75 Å². The Hall–Kier alpha value is -2.74. The van der Waals surface area contributed by atoms with Gasteiger partial charge in [-0.05, 0) is 79.4 Å². The molecule has 5 fully saturated rings. The second-order valence-electron chi connectivity index (χ2n) is 10.3. The lowest BCUT2D eigenvalue weighted by molar-refractivity contribution is -0.00520. The summed E-state index contributed by atoms with van der Waals surface area (Å²) in [5.41, 5.74) is 5.05. The summed E-state index contributed by atoms with van der Waals surface area (Å²) >= 11 is 0. The molecule has 1 aromatic heterocycles. The van der Waals surface area contributed by atoms with E-state index in [1.165, 1.54) is 44.1 Å². The minimum Gasteiger partial charge on any atom is -0.507 e. The minimum absolute atomic E-state index is 0.197. The van der Waals surface area contributed by atoms with Crippen LogP contribution in [-0.4, -0.2) is 47.6 Å². The molecule has 0 unspecified atom stereocenters. The quantitative estimate of drug-likeness (QED) is 0.527. The van der Waals surface area contributed by atoms with Gasteiger partial charge in [-0.3, -0.25) is 0 Å². The smallest absolute Gasteiger partial charge is 0.245 e. The van der Waals surface area contributed by atoms with E-state index in [1.54, 1.807) is 12.3 Å². The van der Waals surface area contributed by atoms with E-state index >= 15 is 0 Å². The van der Waals surface area contributed by atoms with Gasteiger partial charge in [-0.1, -0.05) is 6.07 Å². The van der Waals surface area contributed by atoms with Crippen LogP contribution >= 0.6 is 0 Å². The molecule has 8 heteroatoms. The first-order valence-electron chi connectivity index (χ1n) is 12.1. The molecule has 7 rings (SSSR count). The molecule has 174 valence electrons. The number of hydrogen-bond acceptors (Lipinski definition) is 7. The average molecular weight is 452 g/mol. The second kappa shape index (κ2) is 8.24. The number of nitrogens with zero attached hydrogens (tertiary/aromatic N) is 4. The molecule has 1 aliphatic heterocycles. The molecule has 0 radical (unpaired) electrons. The fourth-order valence-corrected chi connectivity index (χ4v) is 7.02. The first-order valence-corrected chi connectivity index (χ1v) is 12.1. The summed E-state index contributed by atoms with van der Waals surface area (Å²) in [6.45, 7) is 2.26. The number of anilines is 2. The van der Waals surface area contributed by atoms with E-state index < -0.39 is 5.82 Å². The predicted octanol–water partition coefficient (Wildman–Crippen LogP) is 4.07. The summed E-state index contributed by atoms with van der Waals surface area (Å²) in [7, 11) is 0. The van der Waals surface area contributed by atoms with Gasteiger partial charge in [-0.2, -0.15) is 10.1 Å². The van der Waals surface area contributed by atoms with Crippen LogP contribution in [0.5, 0.6) is 5.75 Å². The third-order valence-corrected chi connectivity index (χ3v) is 8.08. The summed E-state index contributed by atoms with van der Waals surface area (Å²) in [4.78, 5) is 10.1. The number of phenols is 1. The molecule has 4 aliphatic carbocycles. The molecule has 33 heavy (non-hydrogen) atoms. The number of ether oxygens (including phenoxy) is 1. The highest BCUT2D eigenvalue weighted by Crippen LogP contribution is 2.60. The first kappa shape index (κ1) is 20.8. The van der Waals surface area contributed by atoms with Crippen LogP contribution in [0.4, 0.5) is 16.2 Å². The normalized spacial score (nSPS) is 30.8. The maximum Gasteiger partial charge on any atom is 0.245 e. The molecular formula is C25H30FN5O2. The predicted molar refractivity (Wildman–Crippen MR) is 124 cm³/mol. The van der Waals surface area contributed by atoms with Crippen molar-refractivity contribution in [2.45, 2.75) is 43.9 Å². The molecule has 0 amide bonds. The Morgan fingerprint density at radius 2 is 1.82 bits per heavy atom. The molecule has 2 aromatic rings. The number of benzene rings is 1. The van der Waals surface area contributed by atoms with E-state index in [0.717, 1.165) is 24.0 Å². The van der Waals surface area contributed by atoms with Crippen molar-refractivity contribution in [2.24, 2.45) is 22.9 Å². The average Bonchev–Trinajstić information content (AvgIpc) is 2.81. The highest BCUT2D eigenvalue weighted by molar-refractivity contribution is 5.84. The van der Waals surface area contributed by atoms with Crippen molar-refractivity contribution < 1.29 is 14.2 Å². The summed E-state index contributed by atoms with van der Waals surface area (Å²) < 4.78 is 19.6. The Balaban J connectivity index is 1.20. The SMILES string of the molecule is Oc1ccc(C23CC4CC(CC(C4)C2)C3)cc1C=NNc1ncc(F)c(N2CCOCC2)n1. The van der Waals surface area contributed by atoms with Gasteiger partial charge in [-0.25, -0.2) is 14.8 Å². The van der Waals surface area contributed by atoms with Crippen LogP contribution in [0.25, 0.3) is 0 Å². The molecule has 2 heterocycles. The van der Waals surface area contributed by atoms with Crippen molar-refractivity contribution in [1.82, 2.24) is 9.97 Å². The lowest BCUT2D eigenvalue weighted by atomic mass is 9.48. The number of aromatic hydroxyl groups is 1. The Labute approximate surface area is 193 Å². The van der Waals surface area contributed by atoms with Gasteiger partial charge in [0, 0.05) is 18.7 Å². The Kier molecular flexibility index (Phi) is 5.20. The molecule has 4 saturated carbocycles. The van der Waals surface area contributed by atoms with E-state index in [9.17, 15) is 9.50 Å². The van der Waals surface area contributed by atoms with Crippen LogP contribution in [0.3, 0.4) is 0 Å². The summed E-state index contributed by atoms with van der Waals surface area (Å²) in [5.74, 6) is 2.78. The van der Waals surface area contributed by atoms with Crippen LogP contribution in [0.15, 0.2) is 29.5 Å². The molecule has 4 bridgehead atoms. The molecule has 1 aromatic carbocycles. The van der Waals surface area contributed by atoms with Crippen molar-refractivity contribution in [3.63, 3.8) is 0 Å². The van der Waals surface area contributed by atoms with Gasteiger partial charge >= 0.3 is 0 Å². The number of hydrazone groups is 1. The molecule has 7 nitrogen and oxygen atoms in total. The third-order valence-electron chi connectivity index (χ3n) is 8.08. The zero-order chi connectivity index (χ0) is 22.4. The monoisotopic (exact) mass is 451 g/mol. The van der Waals surface area contributed by atoms with E-state index in [-0.39, 0.29) is 22.9 Å². The number of nitrogens with one attached hydrogen (secondary N) is 1. The fraction of sp³-hybridized carbons (Fsp3) is 0.560. The maximum atomic E-state index is 14.2. The molecule has 0 atom stereocenters. The fourth-order valence-electron chi connectivity index (χ4n) is 7.02. The van der Waals surface area contributed by atoms with Crippen LogP contribution in [0.2, 0.25) is 0 Å². The standard InChI is InChI=1S/C25H30FN5O2/c26-21-15-27-24(29-23(21)31-3-5-33-6-4-31)30-28-14-19-10-20(1-2-22(19)32)25-11-16-7-17(12-25)9-18(8-16)13-25/h1-2,10,14-18,32H,3-9,11-13H2,(H,27,29,30). The Morgan fingerprint density at radius 1 is 1.12 bits per heavy atom. The van der Waals surface area contributed by atoms with Crippen molar-refractivity contribution in [2.75, 3.05) is 36.6 Å². The highest BCUT2D eigenvalue weighted by Gasteiger charge is 2.51. The van der Waals surface area contributed by atoms with Crippen molar-refractivity contribution in [3.05, 3.63) is 41.3 Å². The number of morpholine rings is 1. The van der Waals surface area contributed by atoms with Crippen LogP contribution < -0.4 is 10.3 Å². The third kappa shape index (κ3) is 3.94. The van der Waals surface area contributed by atoms with Gasteiger partial charge in [0.25, 0.3) is 0 Å². The van der Waals surface area contributed by atoms with Crippen LogP contribution in [-0.2, 0) is 10.2 Å². The van der Waals surface area contributed by atoms with Gasteiger partial charge in [0.1, 0.15) is 5.75 Å². The first-order chi connectivity index (χ1) is 16.1. The van der Waals surface area contributed by atoms with Gasteiger partial charge in [0.15, 0.2) is 11.6 Å². The maximum absolute atomic E-state index is 14.2. The van der Waals surface area contributed by atoms with E-state index in [4.69, 9.17) is 4.74 Å². The lowest BCUT2D eigenvalue weighted by Crippen LogP contribution is -2.48. The lowest BCUT2D eigenvalue weighted by Gasteiger charge is -2.57. The minimum atomic E-state index is -0.465. The number of phenolic OH excluding ortho intramolecular Hbond substituents is 1. The van der Waals surface area contributed by atoms with Crippen LogP contribution in [0, 0.1) is 23.6 Å². The number of rotatable bonds is 5. The zero-order valence-corrected chi connectivity index (χ0v) is 18.7.